The Morgan fingerprint density at radius 2 is 2.13 bits per heavy atom. The van der Waals surface area contributed by atoms with Crippen LogP contribution in [0.2, 0.25) is 0 Å². The largest absolute Gasteiger partial charge is 0.309 e. The van der Waals surface area contributed by atoms with Crippen molar-refractivity contribution >= 4 is 0 Å². The Morgan fingerprint density at radius 3 is 2.60 bits per heavy atom. The lowest BCUT2D eigenvalue weighted by molar-refractivity contribution is 0.189. The second-order valence-electron chi connectivity index (χ2n) is 4.69. The molecule has 0 saturated heterocycles. The first-order valence-corrected chi connectivity index (χ1v) is 5.15. The van der Waals surface area contributed by atoms with Crippen molar-refractivity contribution in [1.82, 2.24) is 25.2 Å². The number of hydrogen-bond donors (Lipinski definition) is 1. The van der Waals surface area contributed by atoms with Crippen molar-refractivity contribution in [3.8, 4) is 0 Å². The summed E-state index contributed by atoms with van der Waals surface area (Å²) in [5, 5.41) is 11.3. The first kappa shape index (κ1) is 12.1. The van der Waals surface area contributed by atoms with Gasteiger partial charge < -0.3 is 10.2 Å². The minimum atomic E-state index is 0.155. The normalized spacial score (nSPS) is 12.4. The van der Waals surface area contributed by atoms with Crippen molar-refractivity contribution in [2.75, 3.05) is 20.6 Å². The Labute approximate surface area is 91.5 Å². The van der Waals surface area contributed by atoms with Crippen molar-refractivity contribution in [2.45, 2.75) is 25.9 Å². The number of aryl methyl sites for hydroxylation is 1. The fraction of sp³-hybridized carbons (Fsp3) is 0.800. The van der Waals surface area contributed by atoms with E-state index < -0.39 is 0 Å². The molecule has 0 aliphatic carbocycles. The molecule has 1 N–H and O–H groups in total. The fourth-order valence-corrected chi connectivity index (χ4v) is 1.13. The van der Waals surface area contributed by atoms with Crippen LogP contribution in [0.15, 0.2) is 6.20 Å². The third-order valence-electron chi connectivity index (χ3n) is 2.72. The van der Waals surface area contributed by atoms with E-state index in [-0.39, 0.29) is 5.54 Å². The third kappa shape index (κ3) is 3.60. The minimum absolute atomic E-state index is 0.155. The summed E-state index contributed by atoms with van der Waals surface area (Å²) < 4.78 is 1.72. The minimum Gasteiger partial charge on any atom is -0.309 e. The standard InChI is InChI=1S/C10H21N5/c1-10(2,14(3)4)8-11-6-9-7-15(5)13-12-9/h7,11H,6,8H2,1-5H3. The molecule has 5 nitrogen and oxygen atoms in total. The van der Waals surface area contributed by atoms with Crippen LogP contribution in [0.25, 0.3) is 0 Å². The summed E-state index contributed by atoms with van der Waals surface area (Å²) in [7, 11) is 6.05. The van der Waals surface area contributed by atoms with Gasteiger partial charge in [-0.1, -0.05) is 5.21 Å². The van der Waals surface area contributed by atoms with Gasteiger partial charge in [0.2, 0.25) is 0 Å². The van der Waals surface area contributed by atoms with Crippen LogP contribution in [-0.4, -0.2) is 46.1 Å². The molecule has 0 amide bonds. The van der Waals surface area contributed by atoms with Gasteiger partial charge >= 0.3 is 0 Å². The summed E-state index contributed by atoms with van der Waals surface area (Å²) in [6.07, 6.45) is 1.93. The van der Waals surface area contributed by atoms with E-state index in [0.29, 0.717) is 0 Å². The zero-order chi connectivity index (χ0) is 11.5. The highest BCUT2D eigenvalue weighted by Crippen LogP contribution is 2.07. The van der Waals surface area contributed by atoms with Crippen LogP contribution in [0.4, 0.5) is 0 Å². The highest BCUT2D eigenvalue weighted by molar-refractivity contribution is 4.92. The van der Waals surface area contributed by atoms with Crippen molar-refractivity contribution in [1.29, 1.82) is 0 Å². The van der Waals surface area contributed by atoms with E-state index in [2.05, 4.69) is 48.5 Å². The molecule has 0 fully saturated rings. The first-order valence-electron chi connectivity index (χ1n) is 5.15. The Morgan fingerprint density at radius 1 is 1.47 bits per heavy atom. The monoisotopic (exact) mass is 211 g/mol. The molecule has 0 bridgehead atoms. The molecule has 0 aromatic carbocycles. The second kappa shape index (κ2) is 4.72. The smallest absolute Gasteiger partial charge is 0.0964 e. The molecule has 0 spiro atoms. The van der Waals surface area contributed by atoms with Crippen LogP contribution in [0.1, 0.15) is 19.5 Å². The molecule has 1 rings (SSSR count). The number of likely N-dealkylation sites (N-methyl/N-ethyl adjacent to an activating group) is 1. The van der Waals surface area contributed by atoms with E-state index >= 15 is 0 Å². The van der Waals surface area contributed by atoms with Crippen LogP contribution in [0.5, 0.6) is 0 Å². The topological polar surface area (TPSA) is 46.0 Å². The Kier molecular flexibility index (Phi) is 3.82. The van der Waals surface area contributed by atoms with Gasteiger partial charge in [0.25, 0.3) is 0 Å². The summed E-state index contributed by atoms with van der Waals surface area (Å²) in [5.74, 6) is 0. The van der Waals surface area contributed by atoms with Gasteiger partial charge in [-0.05, 0) is 27.9 Å². The van der Waals surface area contributed by atoms with Crippen molar-refractivity contribution in [2.24, 2.45) is 7.05 Å². The highest BCUT2D eigenvalue weighted by Gasteiger charge is 2.19. The van der Waals surface area contributed by atoms with Gasteiger partial charge in [-0.15, -0.1) is 5.10 Å². The predicted molar refractivity (Wildman–Crippen MR) is 60.5 cm³/mol. The van der Waals surface area contributed by atoms with E-state index in [4.69, 9.17) is 0 Å². The maximum absolute atomic E-state index is 4.02. The summed E-state index contributed by atoms with van der Waals surface area (Å²) in [6.45, 7) is 6.11. The molecular formula is C10H21N5. The molecule has 15 heavy (non-hydrogen) atoms. The predicted octanol–water partition coefficient (Wildman–Crippen LogP) is 0.245. The SMILES string of the molecule is CN(C)C(C)(C)CNCc1cn(C)nn1. The van der Waals surface area contributed by atoms with Gasteiger partial charge in [-0.2, -0.15) is 0 Å². The molecule has 0 radical (unpaired) electrons. The Hall–Kier alpha value is -0.940. The van der Waals surface area contributed by atoms with Crippen molar-refractivity contribution < 1.29 is 0 Å². The molecule has 0 atom stereocenters. The second-order valence-corrected chi connectivity index (χ2v) is 4.69. The molecule has 0 saturated carbocycles. The molecule has 1 aromatic rings. The van der Waals surface area contributed by atoms with Crippen molar-refractivity contribution in [3.63, 3.8) is 0 Å². The van der Waals surface area contributed by atoms with E-state index in [9.17, 15) is 0 Å². The molecule has 0 unspecified atom stereocenters. The maximum Gasteiger partial charge on any atom is 0.0964 e. The quantitative estimate of drug-likeness (QED) is 0.758. The van der Waals surface area contributed by atoms with E-state index in [1.807, 2.05) is 13.2 Å². The van der Waals surface area contributed by atoms with Gasteiger partial charge in [0.05, 0.1) is 5.69 Å². The van der Waals surface area contributed by atoms with Crippen molar-refractivity contribution in [3.05, 3.63) is 11.9 Å². The number of nitrogens with zero attached hydrogens (tertiary/aromatic N) is 4. The lowest BCUT2D eigenvalue weighted by Gasteiger charge is -2.32. The first-order chi connectivity index (χ1) is 6.92. The van der Waals surface area contributed by atoms with Gasteiger partial charge in [0.15, 0.2) is 0 Å². The van der Waals surface area contributed by atoms with Crippen LogP contribution in [-0.2, 0) is 13.6 Å². The Balaban J connectivity index is 2.33. The summed E-state index contributed by atoms with van der Waals surface area (Å²) in [5.41, 5.74) is 1.13. The highest BCUT2D eigenvalue weighted by atomic mass is 15.4. The lowest BCUT2D eigenvalue weighted by Crippen LogP contribution is -2.46. The Bertz CT molecular complexity index is 303. The zero-order valence-corrected chi connectivity index (χ0v) is 10.3. The maximum atomic E-state index is 4.02. The number of hydrogen-bond acceptors (Lipinski definition) is 4. The molecule has 86 valence electrons. The molecule has 1 heterocycles. The zero-order valence-electron chi connectivity index (χ0n) is 10.3. The molecule has 5 heteroatoms. The lowest BCUT2D eigenvalue weighted by atomic mass is 10.0. The summed E-state index contributed by atoms with van der Waals surface area (Å²) in [4.78, 5) is 2.21. The number of rotatable bonds is 5. The molecule has 0 aliphatic heterocycles. The number of nitrogens with one attached hydrogen (secondary N) is 1. The summed E-state index contributed by atoms with van der Waals surface area (Å²) in [6, 6.07) is 0. The number of aromatic nitrogens is 3. The summed E-state index contributed by atoms with van der Waals surface area (Å²) >= 11 is 0. The van der Waals surface area contributed by atoms with Crippen LogP contribution < -0.4 is 5.32 Å². The van der Waals surface area contributed by atoms with Crippen LogP contribution in [0, 0.1) is 0 Å². The fourth-order valence-electron chi connectivity index (χ4n) is 1.13. The van der Waals surface area contributed by atoms with Gasteiger partial charge in [-0.25, -0.2) is 0 Å². The van der Waals surface area contributed by atoms with Crippen LogP contribution >= 0.6 is 0 Å². The van der Waals surface area contributed by atoms with Crippen LogP contribution in [0.3, 0.4) is 0 Å². The third-order valence-corrected chi connectivity index (χ3v) is 2.72. The van der Waals surface area contributed by atoms with Gasteiger partial charge in [0.1, 0.15) is 0 Å². The average Bonchev–Trinajstić information content (AvgIpc) is 2.51. The van der Waals surface area contributed by atoms with E-state index in [1.165, 1.54) is 0 Å². The van der Waals surface area contributed by atoms with Gasteiger partial charge in [0, 0.05) is 31.9 Å². The average molecular weight is 211 g/mol. The molecule has 0 aliphatic rings. The van der Waals surface area contributed by atoms with E-state index in [1.54, 1.807) is 4.68 Å². The molecule has 1 aromatic heterocycles. The molecular weight excluding hydrogens is 190 g/mol. The van der Waals surface area contributed by atoms with Gasteiger partial charge in [-0.3, -0.25) is 4.68 Å². The van der Waals surface area contributed by atoms with E-state index in [0.717, 1.165) is 18.8 Å².